The number of carbonyl (C=O) groups excluding carboxylic acids is 2. The van der Waals surface area contributed by atoms with Crippen molar-refractivity contribution >= 4 is 29.6 Å². The average Bonchev–Trinajstić information content (AvgIpc) is 3.39. The van der Waals surface area contributed by atoms with E-state index in [1.807, 2.05) is 26.8 Å². The molecule has 1 aromatic heterocycles. The summed E-state index contributed by atoms with van der Waals surface area (Å²) in [5.41, 5.74) is -2.97. The highest BCUT2D eigenvalue weighted by Gasteiger charge is 2.44. The molecule has 2 fully saturated rings. The largest absolute Gasteiger partial charge is 0.490 e. The third-order valence-electron chi connectivity index (χ3n) is 8.34. The maximum Gasteiger partial charge on any atom is 0.434 e. The Morgan fingerprint density at radius 2 is 1.73 bits per heavy atom. The molecular weight excluding hydrogens is 595 g/mol. The van der Waals surface area contributed by atoms with Gasteiger partial charge in [-0.25, -0.2) is 19.6 Å². The zero-order valence-corrected chi connectivity index (χ0v) is 25.6. The fourth-order valence-corrected chi connectivity index (χ4v) is 6.05. The Morgan fingerprint density at radius 1 is 1.04 bits per heavy atom. The number of carbonyl (C=O) groups is 3. The molecule has 0 spiro atoms. The van der Waals surface area contributed by atoms with Crippen LogP contribution < -0.4 is 15.0 Å². The van der Waals surface area contributed by atoms with E-state index in [0.29, 0.717) is 63.2 Å². The molecule has 2 aromatic rings. The number of nitrogens with one attached hydrogen (secondary N) is 1. The van der Waals surface area contributed by atoms with Crippen molar-refractivity contribution in [2.45, 2.75) is 95.6 Å². The summed E-state index contributed by atoms with van der Waals surface area (Å²) in [4.78, 5) is 48.4. The van der Waals surface area contributed by atoms with Crippen LogP contribution in [0, 0.1) is 0 Å². The van der Waals surface area contributed by atoms with Gasteiger partial charge in [0.15, 0.2) is 5.69 Å². The fraction of sp³-hybridized carbons (Fsp3) is 0.581. The van der Waals surface area contributed by atoms with Gasteiger partial charge in [0.05, 0.1) is 5.56 Å². The first-order valence-corrected chi connectivity index (χ1v) is 15.2. The number of aliphatic carboxylic acids is 1. The van der Waals surface area contributed by atoms with Gasteiger partial charge in [0.25, 0.3) is 5.91 Å². The molecule has 244 valence electrons. The highest BCUT2D eigenvalue weighted by molar-refractivity contribution is 5.98. The molecule has 5 rings (SSSR count). The number of aromatic nitrogens is 2. The van der Waals surface area contributed by atoms with E-state index in [0.717, 1.165) is 18.2 Å². The maximum atomic E-state index is 14.2. The molecule has 0 unspecified atom stereocenters. The molecule has 0 bridgehead atoms. The van der Waals surface area contributed by atoms with Crippen LogP contribution in [0.4, 0.5) is 29.6 Å². The second kappa shape index (κ2) is 12.4. The smallest absolute Gasteiger partial charge is 0.434 e. The van der Waals surface area contributed by atoms with Crippen LogP contribution in [-0.2, 0) is 22.1 Å². The standard InChI is InChI=1S/C31H38F3N5O6/c1-29(2,3)45-28(43)38-14-10-20(11-15-38)44-21-7-8-23-19(17-21)9-16-39(23)27-35-18-22(24(36-27)31(32,33)34)25(40)37-30(26(41)42)12-5-4-6-13-30/h7-8,17-18,20H,4-6,9-16H2,1-3H3,(H,37,40)(H,41,42). The lowest BCUT2D eigenvalue weighted by atomic mass is 9.81. The molecule has 2 aliphatic heterocycles. The predicted octanol–water partition coefficient (Wildman–Crippen LogP) is 5.49. The molecule has 1 saturated carbocycles. The second-order valence-corrected chi connectivity index (χ2v) is 12.8. The van der Waals surface area contributed by atoms with Crippen LogP contribution in [0.15, 0.2) is 24.4 Å². The van der Waals surface area contributed by atoms with Gasteiger partial charge in [0.1, 0.15) is 23.0 Å². The zero-order valence-electron chi connectivity index (χ0n) is 25.6. The topological polar surface area (TPSA) is 134 Å². The number of amides is 2. The number of carboxylic acid groups (broad SMARTS) is 1. The van der Waals surface area contributed by atoms with Crippen LogP contribution in [0.25, 0.3) is 0 Å². The van der Waals surface area contributed by atoms with Gasteiger partial charge in [0, 0.05) is 44.4 Å². The SMILES string of the molecule is CC(C)(C)OC(=O)N1CCC(Oc2ccc3c(c2)CCN3c2ncc(C(=O)NC3(C(=O)O)CCCCC3)c(C(F)(F)F)n2)CC1. The molecule has 3 aliphatic rings. The van der Waals surface area contributed by atoms with Gasteiger partial charge in [0.2, 0.25) is 5.95 Å². The normalized spacial score (nSPS) is 18.7. The molecule has 3 heterocycles. The Morgan fingerprint density at radius 3 is 2.36 bits per heavy atom. The van der Waals surface area contributed by atoms with Crippen molar-refractivity contribution in [2.24, 2.45) is 0 Å². The van der Waals surface area contributed by atoms with Crippen LogP contribution >= 0.6 is 0 Å². The third-order valence-corrected chi connectivity index (χ3v) is 8.34. The summed E-state index contributed by atoms with van der Waals surface area (Å²) in [6.45, 7) is 6.78. The van der Waals surface area contributed by atoms with Crippen LogP contribution in [0.2, 0.25) is 0 Å². The number of anilines is 2. The quantitative estimate of drug-likeness (QED) is 0.424. The summed E-state index contributed by atoms with van der Waals surface area (Å²) in [5, 5.41) is 12.1. The number of halogens is 3. The highest BCUT2D eigenvalue weighted by atomic mass is 19.4. The average molecular weight is 634 g/mol. The number of likely N-dealkylation sites (tertiary alicyclic amines) is 1. The Kier molecular flexibility index (Phi) is 8.87. The van der Waals surface area contributed by atoms with Crippen molar-refractivity contribution in [2.75, 3.05) is 24.5 Å². The van der Waals surface area contributed by atoms with Crippen molar-refractivity contribution < 1.29 is 42.1 Å². The Hall–Kier alpha value is -4.10. The molecule has 0 radical (unpaired) electrons. The molecule has 2 N–H and O–H groups in total. The van der Waals surface area contributed by atoms with Crippen LogP contribution in [0.1, 0.15) is 87.3 Å². The van der Waals surface area contributed by atoms with E-state index in [1.54, 1.807) is 21.9 Å². The van der Waals surface area contributed by atoms with Gasteiger partial charge in [-0.1, -0.05) is 19.3 Å². The monoisotopic (exact) mass is 633 g/mol. The number of carboxylic acids is 1. The van der Waals surface area contributed by atoms with E-state index in [-0.39, 0.29) is 31.0 Å². The Bertz CT molecular complexity index is 1450. The molecular formula is C31H38F3N5O6. The minimum absolute atomic E-state index is 0.107. The summed E-state index contributed by atoms with van der Waals surface area (Å²) >= 11 is 0. The van der Waals surface area contributed by atoms with E-state index in [9.17, 15) is 32.7 Å². The summed E-state index contributed by atoms with van der Waals surface area (Å²) in [6.07, 6.45) is -0.703. The zero-order chi connectivity index (χ0) is 32.6. The number of nitrogens with zero attached hydrogens (tertiary/aromatic N) is 4. The molecule has 1 saturated heterocycles. The van der Waals surface area contributed by atoms with Gasteiger partial charge < -0.3 is 29.7 Å². The van der Waals surface area contributed by atoms with Crippen molar-refractivity contribution in [3.8, 4) is 5.75 Å². The van der Waals surface area contributed by atoms with Crippen LogP contribution in [0.5, 0.6) is 5.75 Å². The minimum atomic E-state index is -4.98. The first-order chi connectivity index (χ1) is 21.1. The number of ether oxygens (including phenoxy) is 2. The number of hydrogen-bond donors (Lipinski definition) is 2. The van der Waals surface area contributed by atoms with Crippen molar-refractivity contribution in [3.05, 3.63) is 41.2 Å². The molecule has 1 aromatic carbocycles. The minimum Gasteiger partial charge on any atom is -0.490 e. The van der Waals surface area contributed by atoms with Crippen molar-refractivity contribution in [3.63, 3.8) is 0 Å². The Balaban J connectivity index is 1.28. The van der Waals surface area contributed by atoms with Gasteiger partial charge in [-0.2, -0.15) is 13.2 Å². The lowest BCUT2D eigenvalue weighted by molar-refractivity contribution is -0.145. The number of benzene rings is 1. The molecule has 45 heavy (non-hydrogen) atoms. The van der Waals surface area contributed by atoms with E-state index in [1.165, 1.54) is 0 Å². The van der Waals surface area contributed by atoms with E-state index in [2.05, 4.69) is 15.3 Å². The summed E-state index contributed by atoms with van der Waals surface area (Å²) < 4.78 is 54.1. The van der Waals surface area contributed by atoms with Crippen molar-refractivity contribution in [1.29, 1.82) is 0 Å². The number of hydrogen-bond acceptors (Lipinski definition) is 8. The van der Waals surface area contributed by atoms with E-state index >= 15 is 0 Å². The van der Waals surface area contributed by atoms with E-state index in [4.69, 9.17) is 9.47 Å². The van der Waals surface area contributed by atoms with Crippen molar-refractivity contribution in [1.82, 2.24) is 20.2 Å². The number of fused-ring (bicyclic) bond motifs is 1. The Labute approximate surface area is 259 Å². The highest BCUT2D eigenvalue weighted by Crippen LogP contribution is 2.38. The lowest BCUT2D eigenvalue weighted by Crippen LogP contribution is -2.55. The molecule has 0 atom stereocenters. The number of rotatable bonds is 6. The first kappa shape index (κ1) is 32.3. The van der Waals surface area contributed by atoms with Gasteiger partial charge in [-0.3, -0.25) is 4.79 Å². The lowest BCUT2D eigenvalue weighted by Gasteiger charge is -2.34. The van der Waals surface area contributed by atoms with Gasteiger partial charge in [-0.15, -0.1) is 0 Å². The van der Waals surface area contributed by atoms with Gasteiger partial charge in [-0.05, 0) is 63.8 Å². The fourth-order valence-electron chi connectivity index (χ4n) is 6.05. The molecule has 1 aliphatic carbocycles. The summed E-state index contributed by atoms with van der Waals surface area (Å²) in [5.74, 6) is -2.04. The van der Waals surface area contributed by atoms with Crippen LogP contribution in [0.3, 0.4) is 0 Å². The second-order valence-electron chi connectivity index (χ2n) is 12.8. The predicted molar refractivity (Wildman–Crippen MR) is 157 cm³/mol. The molecule has 14 heteroatoms. The number of piperidine rings is 1. The maximum absolute atomic E-state index is 14.2. The third kappa shape index (κ3) is 7.25. The number of alkyl halides is 3. The summed E-state index contributed by atoms with van der Waals surface area (Å²) in [6, 6.07) is 5.32. The molecule has 11 nitrogen and oxygen atoms in total. The molecule has 2 amide bonds. The van der Waals surface area contributed by atoms with E-state index < -0.39 is 40.5 Å². The van der Waals surface area contributed by atoms with Gasteiger partial charge >= 0.3 is 18.2 Å². The first-order valence-electron chi connectivity index (χ1n) is 15.2. The van der Waals surface area contributed by atoms with Crippen LogP contribution in [-0.4, -0.2) is 74.8 Å². The summed E-state index contributed by atoms with van der Waals surface area (Å²) in [7, 11) is 0.